The van der Waals surface area contributed by atoms with Crippen molar-refractivity contribution >= 4 is 11.9 Å². The van der Waals surface area contributed by atoms with Crippen LogP contribution in [0.3, 0.4) is 0 Å². The fraction of sp³-hybridized carbons (Fsp3) is 0.440. The highest BCUT2D eigenvalue weighted by atomic mass is 19.2. The van der Waals surface area contributed by atoms with Gasteiger partial charge in [-0.15, -0.1) is 0 Å². The molecule has 0 bridgehead atoms. The molecule has 190 valence electrons. The van der Waals surface area contributed by atoms with Crippen LogP contribution in [-0.2, 0) is 4.79 Å². The Balaban J connectivity index is 1.46. The minimum atomic E-state index is -1.45. The highest BCUT2D eigenvalue weighted by Crippen LogP contribution is 2.22. The molecule has 8 nitrogen and oxygen atoms in total. The number of aliphatic hydroxyl groups is 1. The third kappa shape index (κ3) is 7.37. The van der Waals surface area contributed by atoms with Gasteiger partial charge in [0, 0.05) is 25.7 Å². The van der Waals surface area contributed by atoms with E-state index in [9.17, 15) is 28.6 Å². The number of carboxylic acid groups (broad SMARTS) is 1. The Kier molecular flexibility index (Phi) is 8.63. The van der Waals surface area contributed by atoms with Crippen molar-refractivity contribution in [1.29, 1.82) is 0 Å². The molecule has 0 spiro atoms. The Bertz CT molecular complexity index is 1040. The molecule has 0 aromatic heterocycles. The van der Waals surface area contributed by atoms with Crippen LogP contribution in [0.25, 0.3) is 0 Å². The number of aliphatic carboxylic acids is 1. The van der Waals surface area contributed by atoms with E-state index in [-0.39, 0.29) is 29.8 Å². The lowest BCUT2D eigenvalue weighted by molar-refractivity contribution is -0.143. The summed E-state index contributed by atoms with van der Waals surface area (Å²) in [7, 11) is 0. The molecule has 1 saturated heterocycles. The monoisotopic (exact) mass is 492 g/mol. The van der Waals surface area contributed by atoms with Gasteiger partial charge in [-0.05, 0) is 51.0 Å². The molecule has 0 aliphatic carbocycles. The molecule has 3 N–H and O–H groups in total. The number of likely N-dealkylation sites (tertiary alicyclic amines) is 1. The van der Waals surface area contributed by atoms with Gasteiger partial charge in [0.2, 0.25) is 0 Å². The number of piperidine rings is 1. The molecular weight excluding hydrogens is 462 g/mol. The van der Waals surface area contributed by atoms with Gasteiger partial charge < -0.3 is 29.9 Å². The Labute approximate surface area is 202 Å². The summed E-state index contributed by atoms with van der Waals surface area (Å²) in [4.78, 5) is 25.9. The number of amides is 1. The summed E-state index contributed by atoms with van der Waals surface area (Å²) in [6.45, 7) is 4.35. The number of benzene rings is 2. The topological polar surface area (TPSA) is 108 Å². The van der Waals surface area contributed by atoms with Gasteiger partial charge in [-0.2, -0.15) is 0 Å². The van der Waals surface area contributed by atoms with Crippen molar-refractivity contribution in [2.75, 3.05) is 26.2 Å². The van der Waals surface area contributed by atoms with Crippen LogP contribution in [0.1, 0.15) is 37.0 Å². The van der Waals surface area contributed by atoms with E-state index in [1.165, 1.54) is 26.0 Å². The second kappa shape index (κ2) is 11.5. The maximum absolute atomic E-state index is 13.4. The molecule has 10 heteroatoms. The summed E-state index contributed by atoms with van der Waals surface area (Å²) in [5.74, 6) is -3.11. The second-order valence-corrected chi connectivity index (χ2v) is 9.04. The van der Waals surface area contributed by atoms with E-state index >= 15 is 0 Å². The maximum Gasteiger partial charge on any atom is 0.328 e. The first-order valence-corrected chi connectivity index (χ1v) is 11.3. The predicted octanol–water partition coefficient (Wildman–Crippen LogP) is 2.84. The van der Waals surface area contributed by atoms with Gasteiger partial charge in [-0.3, -0.25) is 4.79 Å². The average Bonchev–Trinajstić information content (AvgIpc) is 2.81. The van der Waals surface area contributed by atoms with E-state index in [2.05, 4.69) is 5.32 Å². The number of carboxylic acids is 1. The lowest BCUT2D eigenvalue weighted by atomic mass is 10.0. The van der Waals surface area contributed by atoms with E-state index in [4.69, 9.17) is 9.47 Å². The summed E-state index contributed by atoms with van der Waals surface area (Å²) in [6, 6.07) is 9.88. The van der Waals surface area contributed by atoms with E-state index in [1.807, 2.05) is 4.90 Å². The molecule has 1 heterocycles. The Morgan fingerprint density at radius 2 is 1.83 bits per heavy atom. The number of halogens is 2. The summed E-state index contributed by atoms with van der Waals surface area (Å²) in [5.41, 5.74) is -1.28. The Morgan fingerprint density at radius 1 is 1.14 bits per heavy atom. The molecule has 1 aliphatic rings. The summed E-state index contributed by atoms with van der Waals surface area (Å²) in [6.07, 6.45) is 0.361. The van der Waals surface area contributed by atoms with Crippen LogP contribution in [0.4, 0.5) is 8.78 Å². The predicted molar refractivity (Wildman–Crippen MR) is 124 cm³/mol. The molecule has 2 aromatic rings. The van der Waals surface area contributed by atoms with Gasteiger partial charge >= 0.3 is 5.97 Å². The molecule has 0 saturated carbocycles. The standard InChI is InChI=1S/C25H30F2N2O6/c1-25(2,24(32)33)28-23(31)19-5-3-4-6-22(19)34-15-16(30)14-29-11-9-17(10-12-29)35-18-7-8-20(26)21(27)13-18/h3-8,13,16-17,30H,9-12,14-15H2,1-2H3,(H,28,31)(H,32,33). The molecule has 0 radical (unpaired) electrons. The van der Waals surface area contributed by atoms with Crippen molar-refractivity contribution < 1.29 is 38.1 Å². The van der Waals surface area contributed by atoms with Gasteiger partial charge in [-0.25, -0.2) is 13.6 Å². The van der Waals surface area contributed by atoms with E-state index in [0.717, 1.165) is 12.1 Å². The van der Waals surface area contributed by atoms with Crippen LogP contribution in [0, 0.1) is 11.6 Å². The maximum atomic E-state index is 13.4. The highest BCUT2D eigenvalue weighted by Gasteiger charge is 2.30. The number of carbonyl (C=O) groups is 2. The zero-order valence-electron chi connectivity index (χ0n) is 19.7. The number of nitrogens with zero attached hydrogens (tertiary/aromatic N) is 1. The average molecular weight is 493 g/mol. The van der Waals surface area contributed by atoms with Crippen LogP contribution < -0.4 is 14.8 Å². The lowest BCUT2D eigenvalue weighted by Crippen LogP contribution is -2.49. The molecule has 1 unspecified atom stereocenters. The van der Waals surface area contributed by atoms with Crippen LogP contribution in [0.15, 0.2) is 42.5 Å². The zero-order chi connectivity index (χ0) is 25.6. The van der Waals surface area contributed by atoms with Crippen LogP contribution in [0.2, 0.25) is 0 Å². The fourth-order valence-corrected chi connectivity index (χ4v) is 3.67. The van der Waals surface area contributed by atoms with E-state index in [0.29, 0.717) is 32.5 Å². The van der Waals surface area contributed by atoms with Crippen molar-refractivity contribution in [3.05, 3.63) is 59.7 Å². The largest absolute Gasteiger partial charge is 0.490 e. The van der Waals surface area contributed by atoms with Gasteiger partial charge in [0.15, 0.2) is 11.6 Å². The number of ether oxygens (including phenoxy) is 2. The molecule has 1 amide bonds. The molecule has 1 atom stereocenters. The van der Waals surface area contributed by atoms with Gasteiger partial charge in [0.05, 0.1) is 5.56 Å². The van der Waals surface area contributed by atoms with Gasteiger partial charge in [-0.1, -0.05) is 12.1 Å². The Hall–Kier alpha value is -3.24. The highest BCUT2D eigenvalue weighted by molar-refractivity contribution is 5.99. The molecule has 2 aromatic carbocycles. The molecule has 3 rings (SSSR count). The number of hydrogen-bond donors (Lipinski definition) is 3. The number of carbonyl (C=O) groups excluding carboxylic acids is 1. The van der Waals surface area contributed by atoms with Crippen molar-refractivity contribution in [2.45, 2.75) is 44.4 Å². The van der Waals surface area contributed by atoms with Crippen LogP contribution >= 0.6 is 0 Å². The van der Waals surface area contributed by atoms with E-state index < -0.39 is 35.2 Å². The first-order chi connectivity index (χ1) is 16.5. The zero-order valence-corrected chi connectivity index (χ0v) is 19.7. The number of β-amino-alcohol motifs (C(OH)–C–C–N with tert-alkyl or cyclic N) is 1. The summed E-state index contributed by atoms with van der Waals surface area (Å²) >= 11 is 0. The summed E-state index contributed by atoms with van der Waals surface area (Å²) < 4.78 is 37.8. The number of nitrogens with one attached hydrogen (secondary N) is 1. The van der Waals surface area contributed by atoms with Crippen molar-refractivity contribution in [3.63, 3.8) is 0 Å². The number of aliphatic hydroxyl groups excluding tert-OH is 1. The summed E-state index contributed by atoms with van der Waals surface area (Å²) in [5, 5.41) is 22.1. The second-order valence-electron chi connectivity index (χ2n) is 9.04. The normalized spacial score (nSPS) is 15.9. The first kappa shape index (κ1) is 26.4. The smallest absolute Gasteiger partial charge is 0.328 e. The first-order valence-electron chi connectivity index (χ1n) is 11.3. The Morgan fingerprint density at radius 3 is 2.49 bits per heavy atom. The minimum absolute atomic E-state index is 0.0576. The van der Waals surface area contributed by atoms with Crippen molar-refractivity contribution in [3.8, 4) is 11.5 Å². The third-order valence-electron chi connectivity index (χ3n) is 5.72. The lowest BCUT2D eigenvalue weighted by Gasteiger charge is -2.33. The molecule has 35 heavy (non-hydrogen) atoms. The number of rotatable bonds is 10. The number of para-hydroxylation sites is 1. The molecular formula is C25H30F2N2O6. The third-order valence-corrected chi connectivity index (χ3v) is 5.72. The van der Waals surface area contributed by atoms with Crippen LogP contribution in [0.5, 0.6) is 11.5 Å². The van der Waals surface area contributed by atoms with Crippen LogP contribution in [-0.4, -0.2) is 71.0 Å². The fourth-order valence-electron chi connectivity index (χ4n) is 3.67. The van der Waals surface area contributed by atoms with Gasteiger partial charge in [0.1, 0.15) is 35.9 Å². The molecule has 1 fully saturated rings. The van der Waals surface area contributed by atoms with E-state index in [1.54, 1.807) is 18.2 Å². The van der Waals surface area contributed by atoms with Crippen molar-refractivity contribution in [1.82, 2.24) is 10.2 Å². The van der Waals surface area contributed by atoms with Crippen molar-refractivity contribution in [2.24, 2.45) is 0 Å². The van der Waals surface area contributed by atoms with Gasteiger partial charge in [0.25, 0.3) is 5.91 Å². The number of hydrogen-bond acceptors (Lipinski definition) is 6. The molecule has 1 aliphatic heterocycles. The quantitative estimate of drug-likeness (QED) is 0.468. The minimum Gasteiger partial charge on any atom is -0.490 e. The SMILES string of the molecule is CC(C)(NC(=O)c1ccccc1OCC(O)CN1CCC(Oc2ccc(F)c(F)c2)CC1)C(=O)O.